The summed E-state index contributed by atoms with van der Waals surface area (Å²) in [6.07, 6.45) is 4.14. The van der Waals surface area contributed by atoms with Crippen LogP contribution in [-0.4, -0.2) is 66.6 Å². The van der Waals surface area contributed by atoms with E-state index in [1.54, 1.807) is 12.3 Å². The first-order chi connectivity index (χ1) is 16.8. The third kappa shape index (κ3) is 4.98. The van der Waals surface area contributed by atoms with Gasteiger partial charge in [-0.3, -0.25) is 14.4 Å². The van der Waals surface area contributed by atoms with E-state index in [1.807, 2.05) is 9.47 Å². The lowest BCUT2D eigenvalue weighted by molar-refractivity contribution is -0.118. The van der Waals surface area contributed by atoms with Gasteiger partial charge in [0.15, 0.2) is 0 Å². The van der Waals surface area contributed by atoms with Crippen molar-refractivity contribution in [2.75, 3.05) is 31.1 Å². The second-order valence-corrected chi connectivity index (χ2v) is 9.78. The van der Waals surface area contributed by atoms with Crippen molar-refractivity contribution < 1.29 is 23.7 Å². The van der Waals surface area contributed by atoms with E-state index in [9.17, 15) is 19.4 Å². The molecule has 11 heteroatoms. The molecule has 9 nitrogen and oxygen atoms in total. The maximum Gasteiger partial charge on any atom is 0.478 e. The molecule has 1 aromatic heterocycles. The van der Waals surface area contributed by atoms with E-state index < -0.39 is 36.3 Å². The Balaban J connectivity index is 1.44. The number of benzene rings is 1. The molecule has 1 aliphatic carbocycles. The Morgan fingerprint density at radius 3 is 2.63 bits per heavy atom. The van der Waals surface area contributed by atoms with Crippen molar-refractivity contribution in [2.45, 2.75) is 57.1 Å². The third-order valence-corrected chi connectivity index (χ3v) is 7.05. The summed E-state index contributed by atoms with van der Waals surface area (Å²) in [5.41, 5.74) is 0.460. The van der Waals surface area contributed by atoms with Crippen molar-refractivity contribution in [3.8, 4) is 0 Å². The number of hydrogen-bond acceptors (Lipinski definition) is 7. The van der Waals surface area contributed by atoms with Gasteiger partial charge in [-0.1, -0.05) is 0 Å². The number of halogens is 1. The standard InChI is InChI=1S/C24H30BFN4O5/c1-14(31)10-16-4-5-22(25(34)35-16)28-24(33)18-13-30(15-2-3-15)20-12-21(29-8-6-27-7-9-29)19(26)11-17(20)23(18)32/h11-13,15-16,22,27,34H,2-10H2,1H3,(H,28,33)/t16-,22-/m0/s1. The van der Waals surface area contributed by atoms with Crippen LogP contribution in [0.1, 0.15) is 55.4 Å². The summed E-state index contributed by atoms with van der Waals surface area (Å²) in [5, 5.41) is 16.5. The van der Waals surface area contributed by atoms with Crippen molar-refractivity contribution >= 4 is 35.4 Å². The largest absolute Gasteiger partial charge is 0.478 e. The van der Waals surface area contributed by atoms with Gasteiger partial charge in [-0.05, 0) is 44.7 Å². The molecular formula is C24H30BFN4O5. The lowest BCUT2D eigenvalue weighted by atomic mass is 9.72. The van der Waals surface area contributed by atoms with Crippen LogP contribution in [0.4, 0.5) is 10.1 Å². The number of rotatable bonds is 6. The van der Waals surface area contributed by atoms with Gasteiger partial charge in [0, 0.05) is 56.3 Å². The normalized spacial score (nSPS) is 22.9. The molecule has 2 aromatic rings. The van der Waals surface area contributed by atoms with Gasteiger partial charge < -0.3 is 29.8 Å². The number of fused-ring (bicyclic) bond motifs is 1. The van der Waals surface area contributed by atoms with Gasteiger partial charge in [0.05, 0.1) is 17.1 Å². The number of piperazine rings is 1. The highest BCUT2D eigenvalue weighted by molar-refractivity contribution is 6.45. The van der Waals surface area contributed by atoms with E-state index >= 15 is 4.39 Å². The molecule has 3 aliphatic rings. The van der Waals surface area contributed by atoms with Gasteiger partial charge in [0.25, 0.3) is 5.91 Å². The SMILES string of the molecule is CC(=O)C[C@@H]1CC[C@H](NC(=O)c2cn(C3CC3)c3cc(N4CCNCC4)c(F)cc3c2=O)B(O)O1. The number of nitrogens with zero attached hydrogens (tertiary/aromatic N) is 2. The van der Waals surface area contributed by atoms with Crippen LogP contribution in [0.25, 0.3) is 10.9 Å². The Bertz CT molecular complexity index is 1210. The van der Waals surface area contributed by atoms with E-state index in [1.165, 1.54) is 13.0 Å². The van der Waals surface area contributed by atoms with Gasteiger partial charge in [-0.15, -0.1) is 0 Å². The second-order valence-electron chi connectivity index (χ2n) is 9.78. The number of carbonyl (C=O) groups is 2. The number of amides is 1. The maximum absolute atomic E-state index is 15.1. The smallest absolute Gasteiger partial charge is 0.426 e. The average molecular weight is 484 g/mol. The molecule has 0 radical (unpaired) electrons. The first-order valence-electron chi connectivity index (χ1n) is 12.3. The third-order valence-electron chi connectivity index (χ3n) is 7.05. The molecule has 5 rings (SSSR count). The highest BCUT2D eigenvalue weighted by Crippen LogP contribution is 2.38. The molecule has 1 aromatic carbocycles. The fraction of sp³-hybridized carbons (Fsp3) is 0.542. The monoisotopic (exact) mass is 484 g/mol. The number of nitrogens with one attached hydrogen (secondary N) is 2. The van der Waals surface area contributed by atoms with Crippen molar-refractivity contribution in [3.05, 3.63) is 39.9 Å². The van der Waals surface area contributed by atoms with Crippen LogP contribution in [0.2, 0.25) is 0 Å². The van der Waals surface area contributed by atoms with Crippen molar-refractivity contribution in [1.29, 1.82) is 0 Å². The molecule has 186 valence electrons. The lowest BCUT2D eigenvalue weighted by Crippen LogP contribution is -2.53. The average Bonchev–Trinajstić information content (AvgIpc) is 3.66. The number of Topliss-reactive ketones (excluding diaryl/α,β-unsaturated/α-hetero) is 1. The lowest BCUT2D eigenvalue weighted by Gasteiger charge is -2.31. The van der Waals surface area contributed by atoms with Crippen LogP contribution >= 0.6 is 0 Å². The first kappa shape index (κ1) is 24.0. The van der Waals surface area contributed by atoms with Crippen LogP contribution in [0.5, 0.6) is 0 Å². The van der Waals surface area contributed by atoms with E-state index in [-0.39, 0.29) is 29.2 Å². The Morgan fingerprint density at radius 1 is 1.23 bits per heavy atom. The highest BCUT2D eigenvalue weighted by Gasteiger charge is 2.37. The first-order valence-corrected chi connectivity index (χ1v) is 12.3. The fourth-order valence-electron chi connectivity index (χ4n) is 5.05. The summed E-state index contributed by atoms with van der Waals surface area (Å²) in [6.45, 7) is 4.34. The van der Waals surface area contributed by atoms with Crippen LogP contribution in [-0.2, 0) is 9.45 Å². The van der Waals surface area contributed by atoms with E-state index in [2.05, 4.69) is 10.6 Å². The Kier molecular flexibility index (Phi) is 6.65. The molecule has 3 N–H and O–H groups in total. The van der Waals surface area contributed by atoms with Crippen molar-refractivity contribution in [1.82, 2.24) is 15.2 Å². The number of hydrogen-bond donors (Lipinski definition) is 3. The Labute approximate surface area is 202 Å². The fourth-order valence-corrected chi connectivity index (χ4v) is 5.05. The second kappa shape index (κ2) is 9.71. The molecule has 35 heavy (non-hydrogen) atoms. The number of anilines is 1. The summed E-state index contributed by atoms with van der Waals surface area (Å²) in [4.78, 5) is 39.7. The molecule has 2 saturated heterocycles. The molecule has 2 aliphatic heterocycles. The van der Waals surface area contributed by atoms with Crippen molar-refractivity contribution in [2.24, 2.45) is 0 Å². The molecule has 0 spiro atoms. The molecule has 0 unspecified atom stereocenters. The molecule has 3 fully saturated rings. The minimum Gasteiger partial charge on any atom is -0.426 e. The zero-order valence-electron chi connectivity index (χ0n) is 19.8. The van der Waals surface area contributed by atoms with Crippen LogP contribution in [0, 0.1) is 5.82 Å². The van der Waals surface area contributed by atoms with Crippen LogP contribution < -0.4 is 21.0 Å². The van der Waals surface area contributed by atoms with E-state index in [0.29, 0.717) is 37.1 Å². The number of carbonyl (C=O) groups excluding carboxylic acids is 2. The zero-order chi connectivity index (χ0) is 24.7. The summed E-state index contributed by atoms with van der Waals surface area (Å²) < 4.78 is 22.5. The summed E-state index contributed by atoms with van der Waals surface area (Å²) in [7, 11) is -1.28. The zero-order valence-corrected chi connectivity index (χ0v) is 19.8. The predicted octanol–water partition coefficient (Wildman–Crippen LogP) is 1.16. The summed E-state index contributed by atoms with van der Waals surface area (Å²) in [5.74, 6) is -1.85. The number of aromatic nitrogens is 1. The molecule has 1 saturated carbocycles. The summed E-state index contributed by atoms with van der Waals surface area (Å²) >= 11 is 0. The highest BCUT2D eigenvalue weighted by atomic mass is 19.1. The topological polar surface area (TPSA) is 113 Å². The summed E-state index contributed by atoms with van der Waals surface area (Å²) in [6, 6.07) is 3.13. The van der Waals surface area contributed by atoms with E-state index in [4.69, 9.17) is 4.65 Å². The minimum absolute atomic E-state index is 0.0335. The minimum atomic E-state index is -1.28. The Morgan fingerprint density at radius 2 is 1.97 bits per heavy atom. The van der Waals surface area contributed by atoms with Gasteiger partial charge in [0.2, 0.25) is 5.43 Å². The van der Waals surface area contributed by atoms with Gasteiger partial charge in [0.1, 0.15) is 17.2 Å². The van der Waals surface area contributed by atoms with Gasteiger partial charge >= 0.3 is 7.12 Å². The number of ketones is 1. The molecule has 3 heterocycles. The molecule has 2 atom stereocenters. The van der Waals surface area contributed by atoms with Gasteiger partial charge in [-0.25, -0.2) is 4.39 Å². The molecule has 0 bridgehead atoms. The van der Waals surface area contributed by atoms with Crippen LogP contribution in [0.15, 0.2) is 23.1 Å². The van der Waals surface area contributed by atoms with Crippen LogP contribution in [0.3, 0.4) is 0 Å². The number of pyridine rings is 1. The van der Waals surface area contributed by atoms with Crippen molar-refractivity contribution in [3.63, 3.8) is 0 Å². The maximum atomic E-state index is 15.1. The quantitative estimate of drug-likeness (QED) is 0.528. The molecular weight excluding hydrogens is 454 g/mol. The predicted molar refractivity (Wildman–Crippen MR) is 130 cm³/mol. The van der Waals surface area contributed by atoms with E-state index in [0.717, 1.165) is 25.9 Å². The molecule has 1 amide bonds. The Hall–Kier alpha value is -2.76. The van der Waals surface area contributed by atoms with Gasteiger partial charge in [-0.2, -0.15) is 0 Å².